The molecule has 0 amide bonds. The Labute approximate surface area is 195 Å². The molecule has 9 heteroatoms. The molecule has 1 unspecified atom stereocenters. The van der Waals surface area contributed by atoms with Gasteiger partial charge in [-0.2, -0.15) is 13.2 Å². The van der Waals surface area contributed by atoms with Crippen molar-refractivity contribution in [1.82, 2.24) is 15.5 Å². The van der Waals surface area contributed by atoms with E-state index in [1.165, 1.54) is 36.0 Å². The predicted molar refractivity (Wildman–Crippen MR) is 129 cm³/mol. The van der Waals surface area contributed by atoms with Gasteiger partial charge in [0.15, 0.2) is 5.96 Å². The maximum absolute atomic E-state index is 12.4. The second-order valence-electron chi connectivity index (χ2n) is 7.62. The van der Waals surface area contributed by atoms with E-state index in [-0.39, 0.29) is 30.0 Å². The van der Waals surface area contributed by atoms with Gasteiger partial charge in [-0.1, -0.05) is 12.1 Å². The number of benzene rings is 1. The highest BCUT2D eigenvalue weighted by atomic mass is 127. The molecule has 30 heavy (non-hydrogen) atoms. The van der Waals surface area contributed by atoms with Crippen LogP contribution in [0.3, 0.4) is 0 Å². The SMILES string of the molecule is CCNC(=NCCCN(C)CC(F)(F)F)NC(C)c1cccc(N2CCCC2)c1.I. The molecule has 1 atom stereocenters. The van der Waals surface area contributed by atoms with Gasteiger partial charge in [-0.05, 0) is 64.4 Å². The highest BCUT2D eigenvalue weighted by Crippen LogP contribution is 2.24. The average Bonchev–Trinajstić information content (AvgIpc) is 3.19. The maximum Gasteiger partial charge on any atom is 0.401 e. The third kappa shape index (κ3) is 9.72. The molecule has 1 saturated heterocycles. The first kappa shape index (κ1) is 26.8. The predicted octanol–water partition coefficient (Wildman–Crippen LogP) is 4.41. The van der Waals surface area contributed by atoms with E-state index < -0.39 is 12.7 Å². The van der Waals surface area contributed by atoms with Crippen LogP contribution in [0.15, 0.2) is 29.3 Å². The first-order valence-corrected chi connectivity index (χ1v) is 10.4. The van der Waals surface area contributed by atoms with Crippen LogP contribution in [0.25, 0.3) is 0 Å². The summed E-state index contributed by atoms with van der Waals surface area (Å²) in [4.78, 5) is 8.21. The van der Waals surface area contributed by atoms with Gasteiger partial charge in [0.25, 0.3) is 0 Å². The summed E-state index contributed by atoms with van der Waals surface area (Å²) in [6, 6.07) is 8.63. The molecule has 1 aliphatic rings. The number of nitrogens with zero attached hydrogens (tertiary/aromatic N) is 3. The van der Waals surface area contributed by atoms with Crippen LogP contribution in [0.1, 0.15) is 44.7 Å². The Hall–Kier alpha value is -1.23. The zero-order valence-corrected chi connectivity index (χ0v) is 20.5. The molecule has 1 heterocycles. The van der Waals surface area contributed by atoms with Gasteiger partial charge in [0.1, 0.15) is 0 Å². The number of aliphatic imine (C=N–C) groups is 1. The average molecular weight is 541 g/mol. The molecule has 1 aromatic rings. The van der Waals surface area contributed by atoms with Crippen molar-refractivity contribution in [2.45, 2.75) is 45.3 Å². The molecule has 0 aliphatic carbocycles. The molecule has 172 valence electrons. The lowest BCUT2D eigenvalue weighted by atomic mass is 10.1. The minimum absolute atomic E-state index is 0. The van der Waals surface area contributed by atoms with Crippen molar-refractivity contribution < 1.29 is 13.2 Å². The number of alkyl halides is 3. The van der Waals surface area contributed by atoms with E-state index in [2.05, 4.69) is 51.7 Å². The maximum atomic E-state index is 12.4. The smallest absolute Gasteiger partial charge is 0.372 e. The summed E-state index contributed by atoms with van der Waals surface area (Å²) < 4.78 is 37.2. The van der Waals surface area contributed by atoms with Crippen LogP contribution < -0.4 is 15.5 Å². The van der Waals surface area contributed by atoms with Crippen molar-refractivity contribution in [3.8, 4) is 0 Å². The Bertz CT molecular complexity index is 648. The van der Waals surface area contributed by atoms with Crippen molar-refractivity contribution in [2.75, 3.05) is 51.2 Å². The van der Waals surface area contributed by atoms with Gasteiger partial charge in [-0.15, -0.1) is 24.0 Å². The summed E-state index contributed by atoms with van der Waals surface area (Å²) in [6.07, 6.45) is -1.10. The second kappa shape index (κ2) is 13.2. The summed E-state index contributed by atoms with van der Waals surface area (Å²) in [5.41, 5.74) is 2.44. The van der Waals surface area contributed by atoms with Gasteiger partial charge in [0.2, 0.25) is 0 Å². The van der Waals surface area contributed by atoms with E-state index in [4.69, 9.17) is 0 Å². The van der Waals surface area contributed by atoms with Crippen molar-refractivity contribution in [1.29, 1.82) is 0 Å². The van der Waals surface area contributed by atoms with Crippen LogP contribution in [-0.4, -0.2) is 63.4 Å². The molecule has 0 radical (unpaired) electrons. The molecular formula is C21H35F3IN5. The first-order chi connectivity index (χ1) is 13.8. The highest BCUT2D eigenvalue weighted by molar-refractivity contribution is 14.0. The van der Waals surface area contributed by atoms with Gasteiger partial charge in [0, 0.05) is 31.9 Å². The minimum Gasteiger partial charge on any atom is -0.372 e. The zero-order valence-electron chi connectivity index (χ0n) is 18.1. The van der Waals surface area contributed by atoms with Crippen LogP contribution in [0.2, 0.25) is 0 Å². The monoisotopic (exact) mass is 541 g/mol. The van der Waals surface area contributed by atoms with Gasteiger partial charge in [0.05, 0.1) is 12.6 Å². The van der Waals surface area contributed by atoms with E-state index in [9.17, 15) is 13.2 Å². The quantitative estimate of drug-likeness (QED) is 0.211. The Kier molecular flexibility index (Phi) is 11.8. The third-order valence-corrected chi connectivity index (χ3v) is 4.96. The summed E-state index contributed by atoms with van der Waals surface area (Å²) in [6.45, 7) is 6.96. The molecule has 0 aromatic heterocycles. The molecule has 0 bridgehead atoms. The lowest BCUT2D eigenvalue weighted by molar-refractivity contribution is -0.143. The summed E-state index contributed by atoms with van der Waals surface area (Å²) in [5, 5.41) is 6.62. The standard InChI is InChI=1S/C21H34F3N5.HI/c1-4-25-20(26-11-8-12-28(3)16-21(22,23)24)27-17(2)18-9-7-10-19(15-18)29-13-5-6-14-29;/h7,9-10,15,17H,4-6,8,11-14,16H2,1-3H3,(H2,25,26,27);1H. The molecule has 2 rings (SSSR count). The van der Waals surface area contributed by atoms with Gasteiger partial charge in [-0.25, -0.2) is 0 Å². The second-order valence-corrected chi connectivity index (χ2v) is 7.62. The fourth-order valence-corrected chi connectivity index (χ4v) is 3.49. The fourth-order valence-electron chi connectivity index (χ4n) is 3.49. The molecule has 0 spiro atoms. The zero-order chi connectivity index (χ0) is 21.3. The molecular weight excluding hydrogens is 506 g/mol. The van der Waals surface area contributed by atoms with Crippen molar-refractivity contribution in [3.05, 3.63) is 29.8 Å². The molecule has 0 saturated carbocycles. The number of hydrogen-bond donors (Lipinski definition) is 2. The summed E-state index contributed by atoms with van der Waals surface area (Å²) >= 11 is 0. The Balaban J connectivity index is 0.00000450. The Morgan fingerprint density at radius 1 is 1.27 bits per heavy atom. The molecule has 1 aromatic carbocycles. The van der Waals surface area contributed by atoms with Crippen LogP contribution in [0.4, 0.5) is 18.9 Å². The number of rotatable bonds is 9. The molecule has 1 aliphatic heterocycles. The van der Waals surface area contributed by atoms with E-state index in [1.54, 1.807) is 0 Å². The van der Waals surface area contributed by atoms with Gasteiger partial charge >= 0.3 is 6.18 Å². The molecule has 2 N–H and O–H groups in total. The number of nitrogens with one attached hydrogen (secondary N) is 2. The van der Waals surface area contributed by atoms with Gasteiger partial charge < -0.3 is 15.5 Å². The lowest BCUT2D eigenvalue weighted by Gasteiger charge is -2.22. The third-order valence-electron chi connectivity index (χ3n) is 4.96. The van der Waals surface area contributed by atoms with Crippen LogP contribution >= 0.6 is 24.0 Å². The number of anilines is 1. The topological polar surface area (TPSA) is 42.9 Å². The van der Waals surface area contributed by atoms with Crippen LogP contribution in [-0.2, 0) is 0 Å². The normalized spacial score (nSPS) is 15.8. The largest absolute Gasteiger partial charge is 0.401 e. The summed E-state index contributed by atoms with van der Waals surface area (Å²) in [5.74, 6) is 0.685. The van der Waals surface area contributed by atoms with Crippen molar-refractivity contribution in [3.63, 3.8) is 0 Å². The first-order valence-electron chi connectivity index (χ1n) is 10.4. The Morgan fingerprint density at radius 3 is 2.60 bits per heavy atom. The van der Waals surface area contributed by atoms with E-state index >= 15 is 0 Å². The van der Waals surface area contributed by atoms with Crippen LogP contribution in [0.5, 0.6) is 0 Å². The van der Waals surface area contributed by atoms with Crippen LogP contribution in [0, 0.1) is 0 Å². The Morgan fingerprint density at radius 2 is 1.97 bits per heavy atom. The fraction of sp³-hybridized carbons (Fsp3) is 0.667. The van der Waals surface area contributed by atoms with E-state index in [0.717, 1.165) is 19.6 Å². The highest BCUT2D eigenvalue weighted by Gasteiger charge is 2.28. The van der Waals surface area contributed by atoms with E-state index in [0.29, 0.717) is 25.5 Å². The van der Waals surface area contributed by atoms with Gasteiger partial charge in [-0.3, -0.25) is 9.89 Å². The number of halogens is 4. The lowest BCUT2D eigenvalue weighted by Crippen LogP contribution is -2.39. The minimum atomic E-state index is -4.16. The van der Waals surface area contributed by atoms with Crippen molar-refractivity contribution >= 4 is 35.6 Å². The van der Waals surface area contributed by atoms with Crippen molar-refractivity contribution in [2.24, 2.45) is 4.99 Å². The number of hydrogen-bond acceptors (Lipinski definition) is 3. The number of guanidine groups is 1. The summed E-state index contributed by atoms with van der Waals surface area (Å²) in [7, 11) is 1.48. The molecule has 5 nitrogen and oxygen atoms in total. The molecule has 1 fully saturated rings. The van der Waals surface area contributed by atoms with E-state index in [1.807, 2.05) is 6.92 Å².